The molecule has 3 N–H and O–H groups in total. The summed E-state index contributed by atoms with van der Waals surface area (Å²) in [6.07, 6.45) is 1.19. The highest BCUT2D eigenvalue weighted by atomic mass is 16.5. The van der Waals surface area contributed by atoms with Crippen molar-refractivity contribution in [2.24, 2.45) is 5.73 Å². The van der Waals surface area contributed by atoms with E-state index in [1.807, 2.05) is 36.4 Å². The third-order valence-corrected chi connectivity index (χ3v) is 3.63. The summed E-state index contributed by atoms with van der Waals surface area (Å²) >= 11 is 0. The Bertz CT molecular complexity index is 622. The highest BCUT2D eigenvalue weighted by Crippen LogP contribution is 2.24. The fourth-order valence-electron chi connectivity index (χ4n) is 2.39. The normalized spacial score (nSPS) is 12.1. The molecular formula is C18H21NO3. The number of carbonyl (C=O) groups is 1. The van der Waals surface area contributed by atoms with Crippen molar-refractivity contribution >= 4 is 5.97 Å². The van der Waals surface area contributed by atoms with Crippen LogP contribution >= 0.6 is 0 Å². The summed E-state index contributed by atoms with van der Waals surface area (Å²) in [6.45, 7) is 0.683. The van der Waals surface area contributed by atoms with Gasteiger partial charge in [0.2, 0.25) is 0 Å². The van der Waals surface area contributed by atoms with Gasteiger partial charge in [-0.2, -0.15) is 0 Å². The molecule has 1 atom stereocenters. The Balaban J connectivity index is 2.18. The van der Waals surface area contributed by atoms with E-state index in [9.17, 15) is 4.79 Å². The number of nitrogens with two attached hydrogens (primary N) is 1. The molecule has 0 aliphatic carbocycles. The molecule has 4 nitrogen and oxygen atoms in total. The number of carboxylic acid groups (broad SMARTS) is 1. The van der Waals surface area contributed by atoms with Gasteiger partial charge < -0.3 is 15.6 Å². The highest BCUT2D eigenvalue weighted by molar-refractivity contribution is 5.73. The molecule has 0 bridgehead atoms. The van der Waals surface area contributed by atoms with E-state index in [1.54, 1.807) is 7.11 Å². The number of benzene rings is 2. The first-order chi connectivity index (χ1) is 10.6. The van der Waals surface area contributed by atoms with Crippen molar-refractivity contribution in [1.29, 1.82) is 0 Å². The van der Waals surface area contributed by atoms with Crippen LogP contribution in [0.25, 0.3) is 11.1 Å². The van der Waals surface area contributed by atoms with Crippen LogP contribution in [0.5, 0.6) is 0 Å². The summed E-state index contributed by atoms with van der Waals surface area (Å²) in [5, 5.41) is 8.86. The molecule has 0 fully saturated rings. The molecule has 0 saturated heterocycles. The lowest BCUT2D eigenvalue weighted by Crippen LogP contribution is -2.32. The predicted molar refractivity (Wildman–Crippen MR) is 86.8 cm³/mol. The van der Waals surface area contributed by atoms with Crippen molar-refractivity contribution in [2.75, 3.05) is 13.7 Å². The van der Waals surface area contributed by atoms with Crippen LogP contribution in [-0.4, -0.2) is 30.8 Å². The fraction of sp³-hybridized carbons (Fsp3) is 0.278. The second-order valence-electron chi connectivity index (χ2n) is 5.25. The first kappa shape index (κ1) is 16.2. The Morgan fingerprint density at radius 1 is 1.18 bits per heavy atom. The standard InChI is InChI=1S/C18H21NO3/c1-22-11-10-14-4-2-3-5-16(14)15-8-6-13(7-9-15)12-17(19)18(20)21/h2-9,17H,10-12,19H2,1H3,(H,20,21)/t17-/m0/s1. The van der Waals surface area contributed by atoms with Crippen LogP contribution < -0.4 is 5.73 Å². The van der Waals surface area contributed by atoms with Gasteiger partial charge in [0.15, 0.2) is 0 Å². The Morgan fingerprint density at radius 2 is 1.86 bits per heavy atom. The second kappa shape index (κ2) is 7.73. The molecule has 22 heavy (non-hydrogen) atoms. The third kappa shape index (κ3) is 4.16. The number of hydrogen-bond donors (Lipinski definition) is 2. The van der Waals surface area contributed by atoms with Gasteiger partial charge >= 0.3 is 5.97 Å². The minimum Gasteiger partial charge on any atom is -0.480 e. The first-order valence-corrected chi connectivity index (χ1v) is 7.26. The van der Waals surface area contributed by atoms with Crippen molar-refractivity contribution in [2.45, 2.75) is 18.9 Å². The maximum atomic E-state index is 10.8. The van der Waals surface area contributed by atoms with E-state index >= 15 is 0 Å². The van der Waals surface area contributed by atoms with Gasteiger partial charge in [-0.05, 0) is 35.1 Å². The zero-order valence-electron chi connectivity index (χ0n) is 12.7. The number of ether oxygens (including phenoxy) is 1. The van der Waals surface area contributed by atoms with Gasteiger partial charge in [0, 0.05) is 7.11 Å². The number of hydrogen-bond acceptors (Lipinski definition) is 3. The summed E-state index contributed by atoms with van der Waals surface area (Å²) in [6, 6.07) is 15.3. The monoisotopic (exact) mass is 299 g/mol. The summed E-state index contributed by atoms with van der Waals surface area (Å²) < 4.78 is 5.15. The van der Waals surface area contributed by atoms with Crippen LogP contribution in [0.15, 0.2) is 48.5 Å². The molecule has 0 aliphatic heterocycles. The quantitative estimate of drug-likeness (QED) is 0.824. The van der Waals surface area contributed by atoms with Crippen LogP contribution in [0.2, 0.25) is 0 Å². The van der Waals surface area contributed by atoms with Crippen LogP contribution in [0, 0.1) is 0 Å². The SMILES string of the molecule is COCCc1ccccc1-c1ccc(C[C@H](N)C(=O)O)cc1. The lowest BCUT2D eigenvalue weighted by molar-refractivity contribution is -0.138. The molecule has 2 rings (SSSR count). The van der Waals surface area contributed by atoms with Crippen molar-refractivity contribution in [3.63, 3.8) is 0 Å². The van der Waals surface area contributed by atoms with Crippen LogP contribution in [-0.2, 0) is 22.4 Å². The number of methoxy groups -OCH3 is 1. The lowest BCUT2D eigenvalue weighted by atomic mass is 9.96. The molecule has 0 unspecified atom stereocenters. The van der Waals surface area contributed by atoms with E-state index in [-0.39, 0.29) is 0 Å². The Labute approximate surface area is 130 Å². The molecule has 0 spiro atoms. The fourth-order valence-corrected chi connectivity index (χ4v) is 2.39. The van der Waals surface area contributed by atoms with E-state index in [1.165, 1.54) is 11.1 Å². The third-order valence-electron chi connectivity index (χ3n) is 3.63. The van der Waals surface area contributed by atoms with Gasteiger partial charge in [-0.1, -0.05) is 48.5 Å². The van der Waals surface area contributed by atoms with E-state index in [2.05, 4.69) is 12.1 Å². The molecule has 0 heterocycles. The molecule has 2 aromatic carbocycles. The molecule has 0 aromatic heterocycles. The highest BCUT2D eigenvalue weighted by Gasteiger charge is 2.12. The van der Waals surface area contributed by atoms with Crippen molar-refractivity contribution < 1.29 is 14.6 Å². The lowest BCUT2D eigenvalue weighted by Gasteiger charge is -2.11. The van der Waals surface area contributed by atoms with E-state index < -0.39 is 12.0 Å². The summed E-state index contributed by atoms with van der Waals surface area (Å²) in [4.78, 5) is 10.8. The largest absolute Gasteiger partial charge is 0.480 e. The smallest absolute Gasteiger partial charge is 0.320 e. The van der Waals surface area contributed by atoms with Crippen LogP contribution in [0.4, 0.5) is 0 Å². The average Bonchev–Trinajstić information content (AvgIpc) is 2.54. The first-order valence-electron chi connectivity index (χ1n) is 7.26. The van der Waals surface area contributed by atoms with Gasteiger partial charge in [0.05, 0.1) is 6.61 Å². The van der Waals surface area contributed by atoms with Crippen LogP contribution in [0.3, 0.4) is 0 Å². The van der Waals surface area contributed by atoms with Gasteiger partial charge in [0.1, 0.15) is 6.04 Å². The van der Waals surface area contributed by atoms with Crippen molar-refractivity contribution in [3.05, 3.63) is 59.7 Å². The van der Waals surface area contributed by atoms with Gasteiger partial charge in [-0.15, -0.1) is 0 Å². The maximum absolute atomic E-state index is 10.8. The predicted octanol–water partition coefficient (Wildman–Crippen LogP) is 2.50. The number of carboxylic acids is 1. The molecule has 0 saturated carbocycles. The zero-order chi connectivity index (χ0) is 15.9. The Hall–Kier alpha value is -2.17. The Kier molecular flexibility index (Phi) is 5.69. The van der Waals surface area contributed by atoms with Gasteiger partial charge in [0.25, 0.3) is 0 Å². The van der Waals surface area contributed by atoms with Crippen LogP contribution in [0.1, 0.15) is 11.1 Å². The molecule has 0 amide bonds. The minimum atomic E-state index is -0.978. The molecule has 4 heteroatoms. The van der Waals surface area contributed by atoms with E-state index in [4.69, 9.17) is 15.6 Å². The van der Waals surface area contributed by atoms with Crippen molar-refractivity contribution in [1.82, 2.24) is 0 Å². The van der Waals surface area contributed by atoms with E-state index in [0.29, 0.717) is 13.0 Å². The molecular weight excluding hydrogens is 278 g/mol. The maximum Gasteiger partial charge on any atom is 0.320 e. The minimum absolute atomic E-state index is 0.334. The topological polar surface area (TPSA) is 72.5 Å². The number of rotatable bonds is 7. The molecule has 0 radical (unpaired) electrons. The number of aliphatic carboxylic acids is 1. The zero-order valence-corrected chi connectivity index (χ0v) is 12.7. The summed E-state index contributed by atoms with van der Waals surface area (Å²) in [5.74, 6) is -0.978. The Morgan fingerprint density at radius 3 is 2.50 bits per heavy atom. The van der Waals surface area contributed by atoms with Gasteiger partial charge in [-0.25, -0.2) is 0 Å². The molecule has 116 valence electrons. The van der Waals surface area contributed by atoms with Gasteiger partial charge in [-0.3, -0.25) is 4.79 Å². The molecule has 0 aliphatic rings. The second-order valence-corrected chi connectivity index (χ2v) is 5.25. The summed E-state index contributed by atoms with van der Waals surface area (Å²) in [7, 11) is 1.70. The van der Waals surface area contributed by atoms with E-state index in [0.717, 1.165) is 17.5 Å². The summed E-state index contributed by atoms with van der Waals surface area (Å²) in [5.41, 5.74) is 10.0. The van der Waals surface area contributed by atoms with Crippen molar-refractivity contribution in [3.8, 4) is 11.1 Å². The molecule has 2 aromatic rings. The average molecular weight is 299 g/mol.